The van der Waals surface area contributed by atoms with Crippen LogP contribution in [0.4, 0.5) is 4.79 Å². The van der Waals surface area contributed by atoms with Gasteiger partial charge in [-0.15, -0.1) is 0 Å². The average molecular weight is 226 g/mol. The highest BCUT2D eigenvalue weighted by Crippen LogP contribution is 2.15. The van der Waals surface area contributed by atoms with Crippen molar-refractivity contribution in [3.63, 3.8) is 0 Å². The van der Waals surface area contributed by atoms with E-state index >= 15 is 0 Å². The highest BCUT2D eigenvalue weighted by molar-refractivity contribution is 5.68. The zero-order valence-corrected chi connectivity index (χ0v) is 10.2. The fourth-order valence-electron chi connectivity index (χ4n) is 1.50. The van der Waals surface area contributed by atoms with E-state index < -0.39 is 11.7 Å². The van der Waals surface area contributed by atoms with Gasteiger partial charge < -0.3 is 14.4 Å². The number of rotatable bonds is 0. The van der Waals surface area contributed by atoms with Crippen LogP contribution in [-0.2, 0) is 9.47 Å². The molecule has 0 aromatic carbocycles. The molecule has 0 spiro atoms. The molecule has 16 heavy (non-hydrogen) atoms. The molecule has 1 saturated heterocycles. The molecule has 1 rings (SSSR count). The summed E-state index contributed by atoms with van der Waals surface area (Å²) < 4.78 is 10.6. The lowest BCUT2D eigenvalue weighted by molar-refractivity contribution is -0.0592. The van der Waals surface area contributed by atoms with Crippen LogP contribution >= 0.6 is 0 Å². The number of nitriles is 1. The van der Waals surface area contributed by atoms with E-state index in [-0.39, 0.29) is 18.7 Å². The number of ether oxygens (including phenoxy) is 2. The van der Waals surface area contributed by atoms with Crippen molar-refractivity contribution in [3.8, 4) is 6.07 Å². The van der Waals surface area contributed by atoms with Crippen LogP contribution in [0.3, 0.4) is 0 Å². The standard InChI is InChI=1S/C11H18N2O3/c1-8-6-13(7-9(5-12)15-8)10(14)16-11(2,3)4/h8-9H,6-7H2,1-4H3/t8?,9-/m0/s1. The van der Waals surface area contributed by atoms with Crippen LogP contribution in [0.2, 0.25) is 0 Å². The summed E-state index contributed by atoms with van der Waals surface area (Å²) in [5, 5.41) is 8.79. The van der Waals surface area contributed by atoms with Crippen molar-refractivity contribution in [2.24, 2.45) is 0 Å². The van der Waals surface area contributed by atoms with Crippen LogP contribution in [0.25, 0.3) is 0 Å². The van der Waals surface area contributed by atoms with Gasteiger partial charge in [-0.25, -0.2) is 4.79 Å². The first kappa shape index (κ1) is 12.8. The molecule has 2 atom stereocenters. The molecule has 0 aromatic rings. The SMILES string of the molecule is CC1CN(C(=O)OC(C)(C)C)C[C@H](C#N)O1. The number of nitrogens with zero attached hydrogens (tertiary/aromatic N) is 2. The molecule has 0 aliphatic carbocycles. The number of hydrogen-bond donors (Lipinski definition) is 0. The van der Waals surface area contributed by atoms with Crippen molar-refractivity contribution in [1.29, 1.82) is 5.26 Å². The average Bonchev–Trinajstić information content (AvgIpc) is 2.14. The van der Waals surface area contributed by atoms with Gasteiger partial charge in [0.2, 0.25) is 0 Å². The summed E-state index contributed by atoms with van der Waals surface area (Å²) in [6, 6.07) is 2.01. The number of morpholine rings is 1. The molecule has 0 radical (unpaired) electrons. The Kier molecular flexibility index (Phi) is 3.76. The Hall–Kier alpha value is -1.28. The van der Waals surface area contributed by atoms with Crippen LogP contribution in [-0.4, -0.2) is 41.9 Å². The van der Waals surface area contributed by atoms with E-state index in [0.717, 1.165) is 0 Å². The van der Waals surface area contributed by atoms with E-state index in [1.54, 1.807) is 0 Å². The third-order valence-electron chi connectivity index (χ3n) is 2.06. The maximum absolute atomic E-state index is 11.8. The summed E-state index contributed by atoms with van der Waals surface area (Å²) in [6.45, 7) is 8.02. The molecule has 0 bridgehead atoms. The van der Waals surface area contributed by atoms with Crippen molar-refractivity contribution in [2.45, 2.75) is 45.5 Å². The van der Waals surface area contributed by atoms with Crippen LogP contribution in [0.5, 0.6) is 0 Å². The largest absolute Gasteiger partial charge is 0.444 e. The lowest BCUT2D eigenvalue weighted by Gasteiger charge is -2.34. The molecule has 1 fully saturated rings. The van der Waals surface area contributed by atoms with Crippen molar-refractivity contribution < 1.29 is 14.3 Å². The lowest BCUT2D eigenvalue weighted by atomic mass is 10.2. The molecular weight excluding hydrogens is 208 g/mol. The highest BCUT2D eigenvalue weighted by atomic mass is 16.6. The summed E-state index contributed by atoms with van der Waals surface area (Å²) in [5.41, 5.74) is -0.513. The Balaban J connectivity index is 2.59. The third kappa shape index (κ3) is 3.70. The van der Waals surface area contributed by atoms with Crippen LogP contribution in [0.1, 0.15) is 27.7 Å². The van der Waals surface area contributed by atoms with E-state index in [1.807, 2.05) is 33.8 Å². The minimum atomic E-state index is -0.559. The molecule has 90 valence electrons. The molecule has 1 aliphatic rings. The second-order valence-electron chi connectivity index (χ2n) is 4.95. The van der Waals surface area contributed by atoms with Gasteiger partial charge in [0.05, 0.1) is 25.3 Å². The number of hydrogen-bond acceptors (Lipinski definition) is 4. The van der Waals surface area contributed by atoms with E-state index in [1.165, 1.54) is 4.90 Å². The Labute approximate surface area is 95.9 Å². The zero-order chi connectivity index (χ0) is 12.3. The van der Waals surface area contributed by atoms with E-state index in [2.05, 4.69) is 0 Å². The summed E-state index contributed by atoms with van der Waals surface area (Å²) in [4.78, 5) is 13.3. The fourth-order valence-corrected chi connectivity index (χ4v) is 1.50. The normalized spacial score (nSPS) is 26.1. The third-order valence-corrected chi connectivity index (χ3v) is 2.06. The van der Waals surface area contributed by atoms with Gasteiger partial charge in [0.15, 0.2) is 6.10 Å². The van der Waals surface area contributed by atoms with Crippen LogP contribution in [0, 0.1) is 11.3 Å². The molecule has 1 aliphatic heterocycles. The van der Waals surface area contributed by atoms with Gasteiger partial charge in [0.25, 0.3) is 0 Å². The van der Waals surface area contributed by atoms with Gasteiger partial charge in [-0.3, -0.25) is 0 Å². The first-order valence-electron chi connectivity index (χ1n) is 5.35. The van der Waals surface area contributed by atoms with E-state index in [9.17, 15) is 4.79 Å². The molecule has 5 heteroatoms. The minimum Gasteiger partial charge on any atom is -0.444 e. The summed E-state index contributed by atoms with van der Waals surface area (Å²) in [7, 11) is 0. The van der Waals surface area contributed by atoms with Crippen molar-refractivity contribution >= 4 is 6.09 Å². The second kappa shape index (κ2) is 4.71. The quantitative estimate of drug-likeness (QED) is 0.628. The van der Waals surface area contributed by atoms with Gasteiger partial charge in [-0.1, -0.05) is 0 Å². The van der Waals surface area contributed by atoms with Crippen molar-refractivity contribution in [1.82, 2.24) is 4.90 Å². The van der Waals surface area contributed by atoms with E-state index in [0.29, 0.717) is 6.54 Å². The molecule has 1 amide bonds. The Morgan fingerprint density at radius 2 is 2.12 bits per heavy atom. The number of carbonyl (C=O) groups excluding carboxylic acids is 1. The molecular formula is C11H18N2O3. The lowest BCUT2D eigenvalue weighted by Crippen LogP contribution is -2.50. The number of amides is 1. The Morgan fingerprint density at radius 3 is 2.62 bits per heavy atom. The monoisotopic (exact) mass is 226 g/mol. The van der Waals surface area contributed by atoms with Crippen molar-refractivity contribution in [2.75, 3.05) is 13.1 Å². The van der Waals surface area contributed by atoms with Gasteiger partial charge >= 0.3 is 6.09 Å². The first-order valence-corrected chi connectivity index (χ1v) is 5.35. The first-order chi connectivity index (χ1) is 7.31. The fraction of sp³-hybridized carbons (Fsp3) is 0.818. The van der Waals surface area contributed by atoms with Crippen molar-refractivity contribution in [3.05, 3.63) is 0 Å². The van der Waals surface area contributed by atoms with Crippen LogP contribution < -0.4 is 0 Å². The number of carbonyl (C=O) groups is 1. The van der Waals surface area contributed by atoms with Gasteiger partial charge in [0.1, 0.15) is 5.60 Å². The Morgan fingerprint density at radius 1 is 1.50 bits per heavy atom. The molecule has 1 heterocycles. The predicted octanol–water partition coefficient (Wildman–Crippen LogP) is 1.53. The van der Waals surface area contributed by atoms with Gasteiger partial charge in [0, 0.05) is 0 Å². The molecule has 0 saturated carbocycles. The molecule has 5 nitrogen and oxygen atoms in total. The van der Waals surface area contributed by atoms with Gasteiger partial charge in [-0.2, -0.15) is 5.26 Å². The second-order valence-corrected chi connectivity index (χ2v) is 4.95. The predicted molar refractivity (Wildman–Crippen MR) is 57.8 cm³/mol. The Bertz CT molecular complexity index is 303. The molecule has 0 aromatic heterocycles. The summed E-state index contributed by atoms with van der Waals surface area (Å²) in [6.07, 6.45) is -1.08. The summed E-state index contributed by atoms with van der Waals surface area (Å²) >= 11 is 0. The molecule has 0 N–H and O–H groups in total. The topological polar surface area (TPSA) is 62.6 Å². The zero-order valence-electron chi connectivity index (χ0n) is 10.2. The maximum Gasteiger partial charge on any atom is 0.410 e. The van der Waals surface area contributed by atoms with Crippen LogP contribution in [0.15, 0.2) is 0 Å². The molecule has 1 unspecified atom stereocenters. The highest BCUT2D eigenvalue weighted by Gasteiger charge is 2.31. The smallest absolute Gasteiger partial charge is 0.410 e. The minimum absolute atomic E-state index is 0.133. The van der Waals surface area contributed by atoms with E-state index in [4.69, 9.17) is 14.7 Å². The maximum atomic E-state index is 11.8. The van der Waals surface area contributed by atoms with Gasteiger partial charge in [-0.05, 0) is 27.7 Å². The summed E-state index contributed by atoms with van der Waals surface area (Å²) in [5.74, 6) is 0.